The van der Waals surface area contributed by atoms with Gasteiger partial charge in [0.2, 0.25) is 5.91 Å². The summed E-state index contributed by atoms with van der Waals surface area (Å²) in [5.74, 6) is -0.439. The Labute approximate surface area is 147 Å². The molecule has 0 aromatic heterocycles. The maximum absolute atomic E-state index is 13.3. The van der Waals surface area contributed by atoms with Crippen LogP contribution >= 0.6 is 0 Å². The van der Waals surface area contributed by atoms with Gasteiger partial charge in [-0.3, -0.25) is 9.59 Å². The van der Waals surface area contributed by atoms with E-state index in [1.807, 2.05) is 0 Å². The molecule has 2 amide bonds. The molecule has 0 bridgehead atoms. The second-order valence-corrected chi connectivity index (χ2v) is 7.43. The van der Waals surface area contributed by atoms with Crippen LogP contribution in [0.25, 0.3) is 0 Å². The fraction of sp³-hybridized carbons (Fsp3) is 0.579. The first-order valence-electron chi connectivity index (χ1n) is 8.89. The molecule has 1 aromatic rings. The van der Waals surface area contributed by atoms with Crippen molar-refractivity contribution in [1.29, 1.82) is 0 Å². The van der Waals surface area contributed by atoms with E-state index in [1.54, 1.807) is 28.9 Å². The van der Waals surface area contributed by atoms with Gasteiger partial charge < -0.3 is 14.9 Å². The molecule has 0 saturated carbocycles. The van der Waals surface area contributed by atoms with Crippen LogP contribution in [0.1, 0.15) is 43.0 Å². The van der Waals surface area contributed by atoms with Crippen molar-refractivity contribution in [2.24, 2.45) is 5.41 Å². The molecule has 2 aliphatic rings. The lowest BCUT2D eigenvalue weighted by atomic mass is 9.72. The highest BCUT2D eigenvalue weighted by molar-refractivity contribution is 5.94. The monoisotopic (exact) mass is 348 g/mol. The minimum Gasteiger partial charge on any atom is -0.392 e. The molecule has 6 heteroatoms. The largest absolute Gasteiger partial charge is 0.392 e. The van der Waals surface area contributed by atoms with Crippen LogP contribution in [0.15, 0.2) is 24.3 Å². The van der Waals surface area contributed by atoms with Gasteiger partial charge in [-0.2, -0.15) is 0 Å². The third-order valence-electron chi connectivity index (χ3n) is 5.42. The Balaban J connectivity index is 1.63. The Morgan fingerprint density at radius 2 is 2.04 bits per heavy atom. The summed E-state index contributed by atoms with van der Waals surface area (Å²) in [6.45, 7) is 3.94. The van der Waals surface area contributed by atoms with Crippen molar-refractivity contribution in [3.05, 3.63) is 35.6 Å². The summed E-state index contributed by atoms with van der Waals surface area (Å²) < 4.78 is 13.3. The number of halogens is 1. The van der Waals surface area contributed by atoms with E-state index in [1.165, 1.54) is 12.1 Å². The summed E-state index contributed by atoms with van der Waals surface area (Å²) in [4.78, 5) is 28.1. The van der Waals surface area contributed by atoms with Crippen molar-refractivity contribution in [1.82, 2.24) is 9.80 Å². The Morgan fingerprint density at radius 3 is 2.68 bits per heavy atom. The van der Waals surface area contributed by atoms with Crippen LogP contribution in [-0.4, -0.2) is 59.0 Å². The van der Waals surface area contributed by atoms with Gasteiger partial charge in [0.25, 0.3) is 5.91 Å². The van der Waals surface area contributed by atoms with E-state index < -0.39 is 11.9 Å². The molecule has 5 nitrogen and oxygen atoms in total. The highest BCUT2D eigenvalue weighted by Crippen LogP contribution is 2.40. The average Bonchev–Trinajstić information content (AvgIpc) is 2.58. The molecular formula is C19H25FN2O3. The molecule has 25 heavy (non-hydrogen) atoms. The smallest absolute Gasteiger partial charge is 0.253 e. The maximum Gasteiger partial charge on any atom is 0.253 e. The van der Waals surface area contributed by atoms with Gasteiger partial charge in [0.1, 0.15) is 5.82 Å². The van der Waals surface area contributed by atoms with Crippen LogP contribution in [0.2, 0.25) is 0 Å². The molecule has 3 rings (SSSR count). The SMILES string of the molecule is CC(O)CN1CC2(CCC1=O)CCN(C(=O)c1cccc(F)c1)CC2. The van der Waals surface area contributed by atoms with Crippen molar-refractivity contribution >= 4 is 11.8 Å². The van der Waals surface area contributed by atoms with E-state index in [2.05, 4.69) is 0 Å². The molecular weight excluding hydrogens is 323 g/mol. The number of hydrogen-bond donors (Lipinski definition) is 1. The van der Waals surface area contributed by atoms with Gasteiger partial charge >= 0.3 is 0 Å². The molecule has 2 saturated heterocycles. The van der Waals surface area contributed by atoms with Crippen LogP contribution in [0, 0.1) is 11.2 Å². The van der Waals surface area contributed by atoms with Gasteiger partial charge in [-0.1, -0.05) is 6.07 Å². The fourth-order valence-corrected chi connectivity index (χ4v) is 3.98. The minimum atomic E-state index is -0.534. The molecule has 1 N–H and O–H groups in total. The first-order valence-corrected chi connectivity index (χ1v) is 8.89. The number of piperidine rings is 2. The predicted octanol–water partition coefficient (Wildman–Crippen LogP) is 2.05. The number of hydrogen-bond acceptors (Lipinski definition) is 3. The number of likely N-dealkylation sites (tertiary alicyclic amines) is 2. The van der Waals surface area contributed by atoms with Crippen LogP contribution in [0.5, 0.6) is 0 Å². The Kier molecular flexibility index (Phi) is 5.08. The number of nitrogens with zero attached hydrogens (tertiary/aromatic N) is 2. The van der Waals surface area contributed by atoms with E-state index >= 15 is 0 Å². The standard InChI is InChI=1S/C19H25FN2O3/c1-14(23)12-22-13-19(6-5-17(22)24)7-9-21(10-8-19)18(25)15-3-2-4-16(20)11-15/h2-4,11,14,23H,5-10,12-13H2,1H3. The number of aliphatic hydroxyl groups is 1. The lowest BCUT2D eigenvalue weighted by molar-refractivity contribution is -0.140. The van der Waals surface area contributed by atoms with Crippen LogP contribution in [0.4, 0.5) is 4.39 Å². The van der Waals surface area contributed by atoms with Gasteiger partial charge in [-0.05, 0) is 49.8 Å². The highest BCUT2D eigenvalue weighted by Gasteiger charge is 2.41. The zero-order chi connectivity index (χ0) is 18.0. The van der Waals surface area contributed by atoms with Crippen molar-refractivity contribution in [3.63, 3.8) is 0 Å². The van der Waals surface area contributed by atoms with E-state index in [-0.39, 0.29) is 17.2 Å². The minimum absolute atomic E-state index is 0.0293. The first-order chi connectivity index (χ1) is 11.9. The van der Waals surface area contributed by atoms with Crippen LogP contribution in [-0.2, 0) is 4.79 Å². The summed E-state index contributed by atoms with van der Waals surface area (Å²) in [5, 5.41) is 9.60. The lowest BCUT2D eigenvalue weighted by Gasteiger charge is -2.47. The van der Waals surface area contributed by atoms with E-state index in [9.17, 15) is 19.1 Å². The number of amides is 2. The van der Waals surface area contributed by atoms with Crippen molar-refractivity contribution in [3.8, 4) is 0 Å². The van der Waals surface area contributed by atoms with Gasteiger partial charge in [-0.15, -0.1) is 0 Å². The normalized spacial score (nSPS) is 21.5. The first kappa shape index (κ1) is 17.9. The number of aliphatic hydroxyl groups excluding tert-OH is 1. The highest BCUT2D eigenvalue weighted by atomic mass is 19.1. The van der Waals surface area contributed by atoms with Gasteiger partial charge in [0, 0.05) is 38.2 Å². The summed E-state index contributed by atoms with van der Waals surface area (Å²) >= 11 is 0. The van der Waals surface area contributed by atoms with Gasteiger partial charge in [0.15, 0.2) is 0 Å². The maximum atomic E-state index is 13.3. The molecule has 0 aliphatic carbocycles. The Morgan fingerprint density at radius 1 is 1.32 bits per heavy atom. The summed E-state index contributed by atoms with van der Waals surface area (Å²) in [6, 6.07) is 5.79. The average molecular weight is 348 g/mol. The van der Waals surface area contributed by atoms with Crippen molar-refractivity contribution in [2.45, 2.75) is 38.7 Å². The number of carbonyl (C=O) groups is 2. The predicted molar refractivity (Wildman–Crippen MR) is 91.5 cm³/mol. The van der Waals surface area contributed by atoms with E-state index in [4.69, 9.17) is 0 Å². The molecule has 1 spiro atoms. The van der Waals surface area contributed by atoms with Crippen molar-refractivity contribution in [2.75, 3.05) is 26.2 Å². The molecule has 2 heterocycles. The lowest BCUT2D eigenvalue weighted by Crippen LogP contribution is -2.53. The molecule has 1 unspecified atom stereocenters. The molecule has 2 fully saturated rings. The number of β-amino-alcohol motifs (C(OH)–C–C–N with tert-alkyl or cyclic N) is 1. The van der Waals surface area contributed by atoms with Crippen LogP contribution in [0.3, 0.4) is 0 Å². The molecule has 1 aromatic carbocycles. The Bertz CT molecular complexity index is 654. The third-order valence-corrected chi connectivity index (χ3v) is 5.42. The van der Waals surface area contributed by atoms with Crippen molar-refractivity contribution < 1.29 is 19.1 Å². The van der Waals surface area contributed by atoms with E-state index in [0.29, 0.717) is 38.2 Å². The molecule has 2 aliphatic heterocycles. The summed E-state index contributed by atoms with van der Waals surface area (Å²) in [7, 11) is 0. The second kappa shape index (κ2) is 7.12. The molecule has 136 valence electrons. The zero-order valence-electron chi connectivity index (χ0n) is 14.6. The zero-order valence-corrected chi connectivity index (χ0v) is 14.6. The number of benzene rings is 1. The van der Waals surface area contributed by atoms with E-state index in [0.717, 1.165) is 19.3 Å². The Hall–Kier alpha value is -1.95. The topological polar surface area (TPSA) is 60.9 Å². The van der Waals surface area contributed by atoms with Crippen LogP contribution < -0.4 is 0 Å². The summed E-state index contributed by atoms with van der Waals surface area (Å²) in [5.41, 5.74) is 0.409. The number of carbonyl (C=O) groups excluding carboxylic acids is 2. The molecule has 0 radical (unpaired) electrons. The fourth-order valence-electron chi connectivity index (χ4n) is 3.98. The molecule has 1 atom stereocenters. The second-order valence-electron chi connectivity index (χ2n) is 7.43. The van der Waals surface area contributed by atoms with Gasteiger partial charge in [-0.25, -0.2) is 4.39 Å². The number of rotatable bonds is 3. The summed E-state index contributed by atoms with van der Waals surface area (Å²) in [6.07, 6.45) is 2.47. The third kappa shape index (κ3) is 4.00. The quantitative estimate of drug-likeness (QED) is 0.909. The van der Waals surface area contributed by atoms with Gasteiger partial charge in [0.05, 0.1) is 6.10 Å².